The van der Waals surface area contributed by atoms with Crippen LogP contribution in [0.4, 0.5) is 0 Å². The average molecular weight is 597 g/mol. The second-order valence-corrected chi connectivity index (χ2v) is 16.6. The molecule has 0 saturated carbocycles. The van der Waals surface area contributed by atoms with E-state index in [4.69, 9.17) is 14.2 Å². The number of piperazine rings is 2. The van der Waals surface area contributed by atoms with Crippen molar-refractivity contribution in [3.05, 3.63) is 0 Å². The molecule has 0 aromatic heterocycles. The summed E-state index contributed by atoms with van der Waals surface area (Å²) >= 11 is 0. The van der Waals surface area contributed by atoms with Crippen LogP contribution < -0.4 is 0 Å². The van der Waals surface area contributed by atoms with Crippen molar-refractivity contribution in [3.8, 4) is 0 Å². The van der Waals surface area contributed by atoms with Gasteiger partial charge < -0.3 is 24.0 Å². The normalized spacial score (nSPS) is 20.1. The largest absolute Gasteiger partial charge is 0.380 e. The van der Waals surface area contributed by atoms with Gasteiger partial charge in [-0.05, 0) is 40.9 Å². The summed E-state index contributed by atoms with van der Waals surface area (Å²) in [6, 6.07) is 0. The standard InChI is InChI=1S/C35H72N4O3/c1-31(2)32(3)27-38-17-13-36(14-18-38)22-24-41-30-35(9,10)12-11-34(7,8)28-39-19-15-37(16-20-39)21-23-40-25-26-42-29-33(4,5)6/h31-32H,11-30H2,1-10H3. The van der Waals surface area contributed by atoms with E-state index in [0.717, 1.165) is 77.5 Å². The van der Waals surface area contributed by atoms with Crippen molar-refractivity contribution in [3.63, 3.8) is 0 Å². The van der Waals surface area contributed by atoms with Crippen LogP contribution >= 0.6 is 0 Å². The molecule has 2 rings (SSSR count). The van der Waals surface area contributed by atoms with E-state index in [1.807, 2.05) is 0 Å². The number of nitrogens with zero attached hydrogens (tertiary/aromatic N) is 4. The minimum atomic E-state index is 0.222. The Balaban J connectivity index is 1.52. The van der Waals surface area contributed by atoms with Gasteiger partial charge in [0.1, 0.15) is 0 Å². The predicted octanol–water partition coefficient (Wildman–Crippen LogP) is 5.44. The number of hydrogen-bond donors (Lipinski definition) is 0. The topological polar surface area (TPSA) is 40.7 Å². The van der Waals surface area contributed by atoms with Crippen molar-refractivity contribution in [2.45, 2.75) is 82.1 Å². The van der Waals surface area contributed by atoms with Gasteiger partial charge in [-0.1, -0.05) is 69.2 Å². The molecule has 250 valence electrons. The third-order valence-electron chi connectivity index (χ3n) is 9.25. The lowest BCUT2D eigenvalue weighted by Gasteiger charge is -2.40. The molecule has 1 unspecified atom stereocenters. The molecule has 0 aliphatic carbocycles. The highest BCUT2D eigenvalue weighted by Crippen LogP contribution is 2.32. The van der Waals surface area contributed by atoms with E-state index in [2.05, 4.69) is 88.8 Å². The summed E-state index contributed by atoms with van der Waals surface area (Å²) in [5, 5.41) is 0. The lowest BCUT2D eigenvalue weighted by molar-refractivity contribution is 0.00857. The first-order valence-electron chi connectivity index (χ1n) is 17.3. The molecule has 2 fully saturated rings. The SMILES string of the molecule is CC(C)C(C)CN1CCN(CCOCC(C)(C)CCC(C)(C)CN2CCN(CCOCCOCC(C)(C)C)CC2)CC1. The van der Waals surface area contributed by atoms with E-state index < -0.39 is 0 Å². The van der Waals surface area contributed by atoms with Gasteiger partial charge in [0, 0.05) is 78.5 Å². The van der Waals surface area contributed by atoms with Crippen LogP contribution in [-0.2, 0) is 14.2 Å². The summed E-state index contributed by atoms with van der Waals surface area (Å²) in [5.74, 6) is 1.55. The fourth-order valence-electron chi connectivity index (χ4n) is 5.75. The Morgan fingerprint density at radius 3 is 1.52 bits per heavy atom. The molecule has 42 heavy (non-hydrogen) atoms. The summed E-state index contributed by atoms with van der Waals surface area (Å²) < 4.78 is 17.8. The van der Waals surface area contributed by atoms with Gasteiger partial charge in [-0.2, -0.15) is 0 Å². The van der Waals surface area contributed by atoms with Crippen molar-refractivity contribution in [2.24, 2.45) is 28.1 Å². The molecule has 0 amide bonds. The highest BCUT2D eigenvalue weighted by Gasteiger charge is 2.28. The summed E-state index contributed by atoms with van der Waals surface area (Å²) in [7, 11) is 0. The molecule has 2 heterocycles. The van der Waals surface area contributed by atoms with E-state index in [1.165, 1.54) is 52.1 Å². The van der Waals surface area contributed by atoms with Gasteiger partial charge in [0.2, 0.25) is 0 Å². The molecule has 7 nitrogen and oxygen atoms in total. The Kier molecular flexibility index (Phi) is 16.8. The van der Waals surface area contributed by atoms with Gasteiger partial charge >= 0.3 is 0 Å². The lowest BCUT2D eigenvalue weighted by atomic mass is 9.79. The Labute approximate surface area is 262 Å². The van der Waals surface area contributed by atoms with Crippen molar-refractivity contribution < 1.29 is 14.2 Å². The predicted molar refractivity (Wildman–Crippen MR) is 178 cm³/mol. The van der Waals surface area contributed by atoms with Crippen LogP contribution in [0.25, 0.3) is 0 Å². The smallest absolute Gasteiger partial charge is 0.0701 e. The molecular formula is C35H72N4O3. The zero-order valence-corrected chi connectivity index (χ0v) is 29.8. The second kappa shape index (κ2) is 18.6. The molecule has 2 aliphatic rings. The van der Waals surface area contributed by atoms with Crippen molar-refractivity contribution >= 4 is 0 Å². The van der Waals surface area contributed by atoms with E-state index in [0.29, 0.717) is 18.6 Å². The Morgan fingerprint density at radius 2 is 0.976 bits per heavy atom. The minimum absolute atomic E-state index is 0.222. The van der Waals surface area contributed by atoms with Crippen LogP contribution in [0.5, 0.6) is 0 Å². The maximum atomic E-state index is 6.24. The molecule has 0 aromatic carbocycles. The van der Waals surface area contributed by atoms with Crippen LogP contribution in [0.3, 0.4) is 0 Å². The van der Waals surface area contributed by atoms with Gasteiger partial charge in [0.05, 0.1) is 39.6 Å². The maximum Gasteiger partial charge on any atom is 0.0701 e. The first kappa shape index (κ1) is 37.9. The number of rotatable bonds is 20. The van der Waals surface area contributed by atoms with Crippen LogP contribution in [0, 0.1) is 28.1 Å². The molecule has 7 heteroatoms. The molecule has 2 aliphatic heterocycles. The van der Waals surface area contributed by atoms with Crippen LogP contribution in [0.15, 0.2) is 0 Å². The first-order chi connectivity index (χ1) is 19.6. The fraction of sp³-hybridized carbons (Fsp3) is 1.00. The summed E-state index contributed by atoms with van der Waals surface area (Å²) in [6.07, 6.45) is 2.45. The Morgan fingerprint density at radius 1 is 0.524 bits per heavy atom. The fourth-order valence-corrected chi connectivity index (χ4v) is 5.75. The molecule has 0 radical (unpaired) electrons. The molecule has 2 saturated heterocycles. The minimum Gasteiger partial charge on any atom is -0.380 e. The van der Waals surface area contributed by atoms with Gasteiger partial charge in [-0.15, -0.1) is 0 Å². The third kappa shape index (κ3) is 17.3. The van der Waals surface area contributed by atoms with Crippen molar-refractivity contribution in [1.29, 1.82) is 0 Å². The lowest BCUT2D eigenvalue weighted by Crippen LogP contribution is -2.49. The Bertz CT molecular complexity index is 693. The monoisotopic (exact) mass is 597 g/mol. The van der Waals surface area contributed by atoms with Gasteiger partial charge in [-0.3, -0.25) is 9.80 Å². The molecular weight excluding hydrogens is 524 g/mol. The molecule has 0 aromatic rings. The van der Waals surface area contributed by atoms with E-state index >= 15 is 0 Å². The van der Waals surface area contributed by atoms with Crippen molar-refractivity contribution in [2.75, 3.05) is 118 Å². The zero-order chi connectivity index (χ0) is 31.2. The van der Waals surface area contributed by atoms with E-state index in [-0.39, 0.29) is 10.8 Å². The van der Waals surface area contributed by atoms with E-state index in [9.17, 15) is 0 Å². The molecule has 0 N–H and O–H groups in total. The highest BCUT2D eigenvalue weighted by molar-refractivity contribution is 4.81. The molecule has 0 bridgehead atoms. The molecule has 0 spiro atoms. The van der Waals surface area contributed by atoms with Crippen LogP contribution in [0.2, 0.25) is 0 Å². The second-order valence-electron chi connectivity index (χ2n) is 16.6. The third-order valence-corrected chi connectivity index (χ3v) is 9.25. The highest BCUT2D eigenvalue weighted by atomic mass is 16.5. The van der Waals surface area contributed by atoms with Crippen molar-refractivity contribution in [1.82, 2.24) is 19.6 Å². The summed E-state index contributed by atoms with van der Waals surface area (Å²) in [6.45, 7) is 41.9. The molecule has 1 atom stereocenters. The van der Waals surface area contributed by atoms with Gasteiger partial charge in [0.25, 0.3) is 0 Å². The Hall–Kier alpha value is -0.280. The summed E-state index contributed by atoms with van der Waals surface area (Å²) in [5.41, 5.74) is 0.767. The maximum absolute atomic E-state index is 6.24. The van der Waals surface area contributed by atoms with E-state index in [1.54, 1.807) is 0 Å². The van der Waals surface area contributed by atoms with Crippen LogP contribution in [0.1, 0.15) is 82.1 Å². The zero-order valence-electron chi connectivity index (χ0n) is 29.8. The van der Waals surface area contributed by atoms with Crippen LogP contribution in [-0.4, -0.2) is 138 Å². The number of ether oxygens (including phenoxy) is 3. The van der Waals surface area contributed by atoms with Gasteiger partial charge in [0.15, 0.2) is 0 Å². The first-order valence-corrected chi connectivity index (χ1v) is 17.3. The average Bonchev–Trinajstić information content (AvgIpc) is 2.90. The quantitative estimate of drug-likeness (QED) is 0.173. The van der Waals surface area contributed by atoms with Gasteiger partial charge in [-0.25, -0.2) is 0 Å². The number of hydrogen-bond acceptors (Lipinski definition) is 7. The summed E-state index contributed by atoms with van der Waals surface area (Å²) in [4.78, 5) is 10.5.